The third-order valence-electron chi connectivity index (χ3n) is 6.17. The van der Waals surface area contributed by atoms with E-state index in [0.29, 0.717) is 55.1 Å². The van der Waals surface area contributed by atoms with E-state index in [2.05, 4.69) is 20.8 Å². The van der Waals surface area contributed by atoms with Crippen LogP contribution in [0.15, 0.2) is 17.6 Å². The molecule has 34 heavy (non-hydrogen) atoms. The Balaban J connectivity index is 1.43. The number of amides is 2. The molecule has 0 spiro atoms. The minimum atomic E-state index is -1.64. The highest BCUT2D eigenvalue weighted by Gasteiger charge is 2.49. The number of aromatic nitrogens is 3. The van der Waals surface area contributed by atoms with Gasteiger partial charge in [0.15, 0.2) is 17.5 Å². The van der Waals surface area contributed by atoms with Crippen molar-refractivity contribution in [2.24, 2.45) is 0 Å². The van der Waals surface area contributed by atoms with E-state index in [1.54, 1.807) is 17.0 Å². The van der Waals surface area contributed by atoms with Crippen LogP contribution in [0.1, 0.15) is 56.4 Å². The summed E-state index contributed by atoms with van der Waals surface area (Å²) >= 11 is 1.29. The Morgan fingerprint density at radius 1 is 1.15 bits per heavy atom. The first kappa shape index (κ1) is 22.3. The molecule has 1 fully saturated rings. The van der Waals surface area contributed by atoms with Gasteiger partial charge >= 0.3 is 0 Å². The summed E-state index contributed by atoms with van der Waals surface area (Å²) in [6.45, 7) is 1.99. The number of hydrogen-bond donors (Lipinski definition) is 2. The predicted molar refractivity (Wildman–Crippen MR) is 115 cm³/mol. The Morgan fingerprint density at radius 3 is 2.47 bits per heavy atom. The van der Waals surface area contributed by atoms with Gasteiger partial charge < -0.3 is 15.2 Å². The maximum absolute atomic E-state index is 13.6. The number of fused-ring (bicyclic) bond motifs is 1. The van der Waals surface area contributed by atoms with Crippen molar-refractivity contribution in [3.63, 3.8) is 0 Å². The highest BCUT2D eigenvalue weighted by molar-refractivity contribution is 7.09. The first-order valence-electron chi connectivity index (χ1n) is 10.5. The van der Waals surface area contributed by atoms with E-state index in [0.717, 1.165) is 0 Å². The number of Topliss-reactive ketones (excluding diaryl/α,β-unsaturated/α-hetero) is 1. The number of nitrogens with zero attached hydrogens (tertiary/aromatic N) is 3. The number of anilines is 1. The number of nitrogens with one attached hydrogen (secondary N) is 2. The summed E-state index contributed by atoms with van der Waals surface area (Å²) in [6, 6.07) is 1.34. The van der Waals surface area contributed by atoms with Gasteiger partial charge in [-0.15, -0.1) is 21.5 Å². The Morgan fingerprint density at radius 2 is 1.85 bits per heavy atom. The molecular formula is C22H18F3N5O3S. The lowest BCUT2D eigenvalue weighted by Crippen LogP contribution is -2.40. The largest absolute Gasteiger partial charge is 0.341 e. The number of ketones is 1. The highest BCUT2D eigenvalue weighted by atomic mass is 32.1. The summed E-state index contributed by atoms with van der Waals surface area (Å²) in [7, 11) is 0. The van der Waals surface area contributed by atoms with Crippen LogP contribution in [0.4, 0.5) is 18.9 Å². The minimum absolute atomic E-state index is 0.0969. The van der Waals surface area contributed by atoms with E-state index < -0.39 is 40.6 Å². The minimum Gasteiger partial charge on any atom is -0.341 e. The summed E-state index contributed by atoms with van der Waals surface area (Å²) < 4.78 is 42.0. The normalized spacial score (nSPS) is 15.6. The van der Waals surface area contributed by atoms with Gasteiger partial charge in [-0.3, -0.25) is 14.4 Å². The standard InChI is InChI=1S/C22H18F3N5O3S/c1-10-15(19(32)27-11-7-12(23)16(25)13(24)8-11)14-3-2-6-30(14)17(10)18(31)20(33)28-22(4-5-22)21-29-26-9-34-21/h7-9H,2-6H2,1H3,(H,27,32)(H,28,33). The van der Waals surface area contributed by atoms with Gasteiger partial charge in [-0.05, 0) is 38.2 Å². The topological polar surface area (TPSA) is 106 Å². The first-order valence-corrected chi connectivity index (χ1v) is 11.4. The first-order chi connectivity index (χ1) is 16.2. The molecule has 2 amide bonds. The summed E-state index contributed by atoms with van der Waals surface area (Å²) in [5.41, 5.74) is 1.69. The predicted octanol–water partition coefficient (Wildman–Crippen LogP) is 3.25. The van der Waals surface area contributed by atoms with E-state index in [1.807, 2.05) is 0 Å². The maximum Gasteiger partial charge on any atom is 0.294 e. The second kappa shape index (κ2) is 8.05. The van der Waals surface area contributed by atoms with E-state index in [1.165, 1.54) is 11.3 Å². The number of carbonyl (C=O) groups is 3. The summed E-state index contributed by atoms with van der Waals surface area (Å²) in [5.74, 6) is -6.82. The molecule has 1 aromatic carbocycles. The van der Waals surface area contributed by atoms with Crippen molar-refractivity contribution in [3.8, 4) is 0 Å². The van der Waals surface area contributed by atoms with E-state index >= 15 is 0 Å². The molecule has 2 aromatic heterocycles. The summed E-state index contributed by atoms with van der Waals surface area (Å²) in [6.07, 6.45) is 2.43. The third-order valence-corrected chi connectivity index (χ3v) is 7.07. The fourth-order valence-corrected chi connectivity index (χ4v) is 5.18. The molecule has 1 saturated carbocycles. The molecule has 0 unspecified atom stereocenters. The molecule has 12 heteroatoms. The van der Waals surface area contributed by atoms with E-state index in [9.17, 15) is 27.6 Å². The second-order valence-electron chi connectivity index (χ2n) is 8.37. The van der Waals surface area contributed by atoms with Crippen LogP contribution < -0.4 is 10.6 Å². The molecule has 0 saturated heterocycles. The van der Waals surface area contributed by atoms with Gasteiger partial charge in [-0.2, -0.15) is 0 Å². The number of benzene rings is 1. The van der Waals surface area contributed by atoms with Crippen molar-refractivity contribution in [2.75, 3.05) is 5.32 Å². The lowest BCUT2D eigenvalue weighted by molar-refractivity contribution is -0.118. The van der Waals surface area contributed by atoms with Crippen LogP contribution in [0.3, 0.4) is 0 Å². The molecule has 1 aliphatic carbocycles. The average molecular weight is 489 g/mol. The molecule has 176 valence electrons. The van der Waals surface area contributed by atoms with E-state index in [4.69, 9.17) is 0 Å². The zero-order valence-corrected chi connectivity index (χ0v) is 18.7. The third kappa shape index (κ3) is 3.58. The molecule has 1 aliphatic heterocycles. The Bertz CT molecular complexity index is 1330. The van der Waals surface area contributed by atoms with Crippen LogP contribution in [0.2, 0.25) is 0 Å². The highest BCUT2D eigenvalue weighted by Crippen LogP contribution is 2.46. The smallest absolute Gasteiger partial charge is 0.294 e. The molecule has 0 atom stereocenters. The van der Waals surface area contributed by atoms with Crippen molar-refractivity contribution in [1.82, 2.24) is 20.1 Å². The van der Waals surface area contributed by atoms with Gasteiger partial charge in [0, 0.05) is 30.1 Å². The second-order valence-corrected chi connectivity index (χ2v) is 9.20. The number of halogens is 3. The molecule has 2 aliphatic rings. The average Bonchev–Trinajstić information content (AvgIpc) is 3.14. The van der Waals surface area contributed by atoms with Crippen LogP contribution in [-0.4, -0.2) is 32.4 Å². The van der Waals surface area contributed by atoms with Crippen LogP contribution in [0, 0.1) is 24.4 Å². The van der Waals surface area contributed by atoms with Crippen molar-refractivity contribution in [2.45, 2.75) is 44.7 Å². The number of carbonyl (C=O) groups excluding carboxylic acids is 3. The molecule has 0 radical (unpaired) electrons. The zero-order chi connectivity index (χ0) is 24.2. The van der Waals surface area contributed by atoms with Crippen molar-refractivity contribution in [1.29, 1.82) is 0 Å². The lowest BCUT2D eigenvalue weighted by atomic mass is 10.0. The van der Waals surface area contributed by atoms with Gasteiger partial charge in [-0.1, -0.05) is 0 Å². The molecule has 3 aromatic rings. The number of rotatable bonds is 6. The van der Waals surface area contributed by atoms with Crippen LogP contribution >= 0.6 is 11.3 Å². The summed E-state index contributed by atoms with van der Waals surface area (Å²) in [4.78, 5) is 39.1. The van der Waals surface area contributed by atoms with Gasteiger partial charge in [0.2, 0.25) is 0 Å². The Hall–Kier alpha value is -3.54. The molecule has 3 heterocycles. The lowest BCUT2D eigenvalue weighted by Gasteiger charge is -2.14. The molecule has 8 nitrogen and oxygen atoms in total. The van der Waals surface area contributed by atoms with Gasteiger partial charge in [-0.25, -0.2) is 13.2 Å². The number of hydrogen-bond acceptors (Lipinski definition) is 6. The molecule has 2 N–H and O–H groups in total. The van der Waals surface area contributed by atoms with Crippen molar-refractivity contribution >= 4 is 34.6 Å². The quantitative estimate of drug-likeness (QED) is 0.314. The SMILES string of the molecule is Cc1c(C(=O)Nc2cc(F)c(F)c(F)c2)c2n(c1C(=O)C(=O)NC1(c3nncs3)CC1)CCC2. The van der Waals surface area contributed by atoms with Crippen molar-refractivity contribution < 1.29 is 27.6 Å². The molecule has 5 rings (SSSR count). The van der Waals surface area contributed by atoms with Gasteiger partial charge in [0.25, 0.3) is 17.6 Å². The van der Waals surface area contributed by atoms with Crippen LogP contribution in [0.25, 0.3) is 0 Å². The molecule has 0 bridgehead atoms. The Labute approximate surface area is 195 Å². The molecular weight excluding hydrogens is 471 g/mol. The summed E-state index contributed by atoms with van der Waals surface area (Å²) in [5, 5.41) is 13.6. The van der Waals surface area contributed by atoms with Crippen LogP contribution in [-0.2, 0) is 23.3 Å². The zero-order valence-electron chi connectivity index (χ0n) is 17.9. The van der Waals surface area contributed by atoms with E-state index in [-0.39, 0.29) is 22.5 Å². The maximum atomic E-state index is 13.6. The van der Waals surface area contributed by atoms with Gasteiger partial charge in [0.05, 0.1) is 16.8 Å². The fourth-order valence-electron chi connectivity index (χ4n) is 4.41. The monoisotopic (exact) mass is 489 g/mol. The van der Waals surface area contributed by atoms with Crippen molar-refractivity contribution in [3.05, 3.63) is 62.6 Å². The Kier molecular flexibility index (Phi) is 5.27. The van der Waals surface area contributed by atoms with Gasteiger partial charge in [0.1, 0.15) is 10.5 Å². The fraction of sp³-hybridized carbons (Fsp3) is 0.318. The van der Waals surface area contributed by atoms with Crippen LogP contribution in [0.5, 0.6) is 0 Å².